The fourth-order valence-corrected chi connectivity index (χ4v) is 3.91. The number of unbranched alkanes of at least 4 members (excludes halogenated alkanes) is 10. The average Bonchev–Trinajstić information content (AvgIpc) is 3.01. The van der Waals surface area contributed by atoms with Gasteiger partial charge in [0.1, 0.15) is 6.10 Å². The molecule has 1 aromatic carbocycles. The molecule has 1 fully saturated rings. The molecular weight excluding hydrogens is 308 g/mol. The van der Waals surface area contributed by atoms with Crippen LogP contribution < -0.4 is 0 Å². The zero-order valence-electron chi connectivity index (χ0n) is 16.1. The molecule has 1 saturated heterocycles. The van der Waals surface area contributed by atoms with Crippen molar-refractivity contribution in [2.75, 3.05) is 0 Å². The first-order chi connectivity index (χ1) is 12.3. The summed E-state index contributed by atoms with van der Waals surface area (Å²) in [5, 5.41) is 0. The topological polar surface area (TPSA) is 26.3 Å². The molecule has 2 nitrogen and oxygen atoms in total. The quantitative estimate of drug-likeness (QED) is 0.291. The van der Waals surface area contributed by atoms with Gasteiger partial charge in [0.05, 0.1) is 6.42 Å². The molecule has 0 N–H and O–H groups in total. The minimum Gasteiger partial charge on any atom is -0.462 e. The molecule has 0 aromatic heterocycles. The number of ether oxygens (including phenoxy) is 1. The van der Waals surface area contributed by atoms with Gasteiger partial charge in [-0.3, -0.25) is 4.79 Å². The first-order valence-corrected chi connectivity index (χ1v) is 10.6. The fraction of sp³-hybridized carbons (Fsp3) is 0.696. The molecule has 0 aliphatic carbocycles. The van der Waals surface area contributed by atoms with Crippen LogP contribution in [0, 0.1) is 0 Å². The highest BCUT2D eigenvalue weighted by Crippen LogP contribution is 2.34. The van der Waals surface area contributed by atoms with Crippen molar-refractivity contribution in [2.24, 2.45) is 0 Å². The molecule has 2 atom stereocenters. The molecule has 1 aliphatic rings. The van der Waals surface area contributed by atoms with Crippen molar-refractivity contribution in [1.82, 2.24) is 0 Å². The number of hydrogen-bond acceptors (Lipinski definition) is 2. The maximum Gasteiger partial charge on any atom is 0.306 e. The Morgan fingerprint density at radius 2 is 1.40 bits per heavy atom. The lowest BCUT2D eigenvalue weighted by Crippen LogP contribution is -2.14. The Balaban J connectivity index is 1.53. The lowest BCUT2D eigenvalue weighted by Gasteiger charge is -2.17. The predicted octanol–water partition coefficient (Wildman–Crippen LogP) is 6.79. The number of esters is 1. The van der Waals surface area contributed by atoms with Crippen LogP contribution in [0.25, 0.3) is 0 Å². The number of rotatable bonds is 13. The second-order valence-electron chi connectivity index (χ2n) is 7.57. The third-order valence-electron chi connectivity index (χ3n) is 5.44. The van der Waals surface area contributed by atoms with E-state index in [1.165, 1.54) is 76.2 Å². The number of hydrogen-bond donors (Lipinski definition) is 0. The zero-order valence-corrected chi connectivity index (χ0v) is 16.1. The van der Waals surface area contributed by atoms with Crippen LogP contribution in [0.3, 0.4) is 0 Å². The van der Waals surface area contributed by atoms with Crippen LogP contribution in [0.1, 0.15) is 102 Å². The molecule has 1 aliphatic heterocycles. The molecule has 0 radical (unpaired) electrons. The van der Waals surface area contributed by atoms with Gasteiger partial charge in [0.2, 0.25) is 0 Å². The molecule has 0 bridgehead atoms. The van der Waals surface area contributed by atoms with Crippen LogP contribution in [0.2, 0.25) is 0 Å². The van der Waals surface area contributed by atoms with Gasteiger partial charge in [-0.15, -0.1) is 0 Å². The van der Waals surface area contributed by atoms with Gasteiger partial charge in [-0.2, -0.15) is 0 Å². The Kier molecular flexibility index (Phi) is 9.69. The van der Waals surface area contributed by atoms with Crippen molar-refractivity contribution < 1.29 is 9.53 Å². The van der Waals surface area contributed by atoms with E-state index in [0.717, 1.165) is 6.42 Å². The normalized spacial score (nSPS) is 20.0. The van der Waals surface area contributed by atoms with Crippen molar-refractivity contribution >= 4 is 5.97 Å². The van der Waals surface area contributed by atoms with Crippen LogP contribution in [0.4, 0.5) is 0 Å². The molecule has 1 aromatic rings. The summed E-state index contributed by atoms with van der Waals surface area (Å²) in [6, 6.07) is 10.4. The predicted molar refractivity (Wildman–Crippen MR) is 105 cm³/mol. The molecule has 0 saturated carbocycles. The lowest BCUT2D eigenvalue weighted by atomic mass is 9.89. The van der Waals surface area contributed by atoms with Crippen molar-refractivity contribution in [2.45, 2.75) is 102 Å². The highest BCUT2D eigenvalue weighted by molar-refractivity contribution is 5.73. The van der Waals surface area contributed by atoms with Gasteiger partial charge < -0.3 is 4.74 Å². The van der Waals surface area contributed by atoms with E-state index in [1.807, 2.05) is 6.07 Å². The van der Waals surface area contributed by atoms with Crippen molar-refractivity contribution in [3.8, 4) is 0 Å². The average molecular weight is 345 g/mol. The third-order valence-corrected chi connectivity index (χ3v) is 5.44. The van der Waals surface area contributed by atoms with E-state index >= 15 is 0 Å². The molecule has 2 rings (SSSR count). The molecule has 1 unspecified atom stereocenters. The van der Waals surface area contributed by atoms with Crippen molar-refractivity contribution in [3.05, 3.63) is 35.9 Å². The summed E-state index contributed by atoms with van der Waals surface area (Å²) in [7, 11) is 0. The van der Waals surface area contributed by atoms with Gasteiger partial charge in [0.15, 0.2) is 0 Å². The largest absolute Gasteiger partial charge is 0.462 e. The summed E-state index contributed by atoms with van der Waals surface area (Å²) in [6.45, 7) is 2.27. The molecular formula is C23H36O2. The molecule has 140 valence electrons. The van der Waals surface area contributed by atoms with Gasteiger partial charge in [0, 0.05) is 5.92 Å². The number of benzene rings is 1. The third kappa shape index (κ3) is 7.63. The summed E-state index contributed by atoms with van der Waals surface area (Å²) >= 11 is 0. The number of cyclic esters (lactones) is 1. The SMILES string of the molecule is CCCCCCCCCCCCC[C@@H]1OC(=O)CC1c1ccccc1. The first-order valence-electron chi connectivity index (χ1n) is 10.6. The van der Waals surface area contributed by atoms with E-state index in [-0.39, 0.29) is 18.0 Å². The van der Waals surface area contributed by atoms with E-state index in [4.69, 9.17) is 4.74 Å². The second-order valence-corrected chi connectivity index (χ2v) is 7.57. The van der Waals surface area contributed by atoms with Gasteiger partial charge in [-0.25, -0.2) is 0 Å². The van der Waals surface area contributed by atoms with Gasteiger partial charge in [-0.1, -0.05) is 101 Å². The summed E-state index contributed by atoms with van der Waals surface area (Å²) < 4.78 is 5.58. The Labute approximate surface area is 154 Å². The van der Waals surface area contributed by atoms with E-state index in [2.05, 4.69) is 31.2 Å². The second kappa shape index (κ2) is 12.1. The highest BCUT2D eigenvalue weighted by Gasteiger charge is 2.35. The molecule has 2 heteroatoms. The number of carbonyl (C=O) groups excluding carboxylic acids is 1. The summed E-state index contributed by atoms with van der Waals surface area (Å²) in [5.74, 6) is 0.235. The fourth-order valence-electron chi connectivity index (χ4n) is 3.91. The smallest absolute Gasteiger partial charge is 0.306 e. The van der Waals surface area contributed by atoms with Crippen molar-refractivity contribution in [3.63, 3.8) is 0 Å². The van der Waals surface area contributed by atoms with Crippen LogP contribution in [-0.4, -0.2) is 12.1 Å². The Hall–Kier alpha value is -1.31. The van der Waals surface area contributed by atoms with Gasteiger partial charge >= 0.3 is 5.97 Å². The Bertz CT molecular complexity index is 468. The zero-order chi connectivity index (χ0) is 17.7. The Morgan fingerprint density at radius 1 is 0.840 bits per heavy atom. The molecule has 0 spiro atoms. The molecule has 0 amide bonds. The summed E-state index contributed by atoms with van der Waals surface area (Å²) in [5.41, 5.74) is 1.25. The standard InChI is InChI=1S/C23H36O2/c1-2-3-4-5-6-7-8-9-10-11-15-18-22-21(19-23(24)25-22)20-16-13-12-14-17-20/h12-14,16-17,21-22H,2-11,15,18-19H2,1H3/t21?,22-/m0/s1. The molecule has 25 heavy (non-hydrogen) atoms. The minimum atomic E-state index is -0.0260. The van der Waals surface area contributed by atoms with Crippen LogP contribution >= 0.6 is 0 Å². The van der Waals surface area contributed by atoms with Crippen molar-refractivity contribution in [1.29, 1.82) is 0 Å². The monoisotopic (exact) mass is 344 g/mol. The van der Waals surface area contributed by atoms with E-state index < -0.39 is 0 Å². The van der Waals surface area contributed by atoms with Crippen LogP contribution in [0.15, 0.2) is 30.3 Å². The van der Waals surface area contributed by atoms with E-state index in [1.54, 1.807) is 0 Å². The van der Waals surface area contributed by atoms with E-state index in [9.17, 15) is 4.79 Å². The van der Waals surface area contributed by atoms with Crippen LogP contribution in [-0.2, 0) is 9.53 Å². The van der Waals surface area contributed by atoms with E-state index in [0.29, 0.717) is 6.42 Å². The van der Waals surface area contributed by atoms with Gasteiger partial charge in [-0.05, 0) is 18.4 Å². The Morgan fingerprint density at radius 3 is 2.00 bits per heavy atom. The first kappa shape index (κ1) is 20.0. The maximum atomic E-state index is 11.7. The maximum absolute atomic E-state index is 11.7. The van der Waals surface area contributed by atoms with Crippen LogP contribution in [0.5, 0.6) is 0 Å². The lowest BCUT2D eigenvalue weighted by molar-refractivity contribution is -0.141. The number of carbonyl (C=O) groups is 1. The van der Waals surface area contributed by atoms with Gasteiger partial charge in [0.25, 0.3) is 0 Å². The highest BCUT2D eigenvalue weighted by atomic mass is 16.5. The molecule has 1 heterocycles. The summed E-state index contributed by atoms with van der Waals surface area (Å²) in [6.07, 6.45) is 16.6. The summed E-state index contributed by atoms with van der Waals surface area (Å²) in [4.78, 5) is 11.7. The minimum absolute atomic E-state index is 0.0260.